The number of fused-ring (bicyclic) bond motifs is 2. The summed E-state index contributed by atoms with van der Waals surface area (Å²) in [5, 5.41) is 27.8. The lowest BCUT2D eigenvalue weighted by atomic mass is 10.0. The number of benzene rings is 1. The number of aliphatic hydroxyl groups is 1. The van der Waals surface area contributed by atoms with Crippen LogP contribution in [0.15, 0.2) is 30.5 Å². The summed E-state index contributed by atoms with van der Waals surface area (Å²) in [5.74, 6) is 0.318. The molecule has 0 unspecified atom stereocenters. The summed E-state index contributed by atoms with van der Waals surface area (Å²) in [5.41, 5.74) is 1.78. The number of ether oxygens (including phenoxy) is 1. The average molecular weight is 446 g/mol. The molecule has 0 saturated carbocycles. The fourth-order valence-corrected chi connectivity index (χ4v) is 4.03. The molecule has 2 aromatic rings. The number of aliphatic hydroxyl groups excluding tert-OH is 1. The molecule has 0 fully saturated rings. The summed E-state index contributed by atoms with van der Waals surface area (Å²) in [6, 6.07) is 6.97. The molecule has 0 saturated heterocycles. The van der Waals surface area contributed by atoms with E-state index in [9.17, 15) is 15.0 Å². The van der Waals surface area contributed by atoms with Gasteiger partial charge in [-0.25, -0.2) is 0 Å². The second-order valence-corrected chi connectivity index (χ2v) is 8.85. The monoisotopic (exact) mass is 445 g/mol. The van der Waals surface area contributed by atoms with E-state index in [4.69, 9.17) is 4.74 Å². The van der Waals surface area contributed by atoms with Gasteiger partial charge in [-0.3, -0.25) is 14.4 Å². The average Bonchev–Trinajstić information content (AvgIpc) is 3.21. The fraction of sp³-hybridized carbons (Fsp3) is 0.609. The van der Waals surface area contributed by atoms with Gasteiger partial charge in [0, 0.05) is 38.5 Å². The number of likely N-dealkylation sites (N-methyl/N-ethyl adjacent to an activating group) is 1. The minimum absolute atomic E-state index is 0.0323. The lowest BCUT2D eigenvalue weighted by molar-refractivity contribution is -0.136. The van der Waals surface area contributed by atoms with E-state index in [0.717, 1.165) is 11.3 Å². The molecule has 0 radical (unpaired) electrons. The third-order valence-corrected chi connectivity index (χ3v) is 5.90. The van der Waals surface area contributed by atoms with Gasteiger partial charge in [0.2, 0.25) is 5.91 Å². The summed E-state index contributed by atoms with van der Waals surface area (Å²) >= 11 is 0. The van der Waals surface area contributed by atoms with Gasteiger partial charge in [-0.2, -0.15) is 0 Å². The normalized spacial score (nSPS) is 21.7. The Kier molecular flexibility index (Phi) is 8.60. The number of amides is 1. The number of phenolic OH excluding ortho intramolecular Hbond substituents is 1. The lowest BCUT2D eigenvalue weighted by Gasteiger charge is -2.35. The number of aromatic hydroxyl groups is 1. The summed E-state index contributed by atoms with van der Waals surface area (Å²) in [4.78, 5) is 16.8. The van der Waals surface area contributed by atoms with Gasteiger partial charge in [0.25, 0.3) is 0 Å². The van der Waals surface area contributed by atoms with Crippen LogP contribution < -0.4 is 0 Å². The maximum atomic E-state index is 12.9. The highest BCUT2D eigenvalue weighted by atomic mass is 16.5. The van der Waals surface area contributed by atoms with E-state index in [-0.39, 0.29) is 36.3 Å². The Balaban J connectivity index is 1.76. The molecule has 0 aliphatic carbocycles. The standard InChI is InChI=1S/C23H35N5O4/c1-17-11-28(18(2)15-29)23(31)8-5-9-27-13-20(24-25-27)16-32-22(17)14-26(3)12-19-6-4-7-21(30)10-19/h4,6-7,10,13,17-18,22,29-30H,5,8-9,11-12,14-16H2,1-3H3/t17-,18+,22+/m0/s1. The number of phenols is 1. The van der Waals surface area contributed by atoms with Gasteiger partial charge in [-0.15, -0.1) is 5.10 Å². The van der Waals surface area contributed by atoms with Crippen molar-refractivity contribution in [1.29, 1.82) is 0 Å². The number of aryl methyl sites for hydroxylation is 1. The van der Waals surface area contributed by atoms with Crippen molar-refractivity contribution in [1.82, 2.24) is 24.8 Å². The van der Waals surface area contributed by atoms with Crippen LogP contribution in [0, 0.1) is 5.92 Å². The Morgan fingerprint density at radius 2 is 2.19 bits per heavy atom. The van der Waals surface area contributed by atoms with Gasteiger partial charge < -0.3 is 19.8 Å². The Bertz CT molecular complexity index is 874. The summed E-state index contributed by atoms with van der Waals surface area (Å²) in [6.45, 7) is 6.64. The molecule has 2 N–H and O–H groups in total. The predicted octanol–water partition coefficient (Wildman–Crippen LogP) is 1.64. The van der Waals surface area contributed by atoms with Crippen LogP contribution in [0.2, 0.25) is 0 Å². The van der Waals surface area contributed by atoms with Gasteiger partial charge in [0.15, 0.2) is 0 Å². The predicted molar refractivity (Wildman–Crippen MR) is 120 cm³/mol. The van der Waals surface area contributed by atoms with E-state index in [1.54, 1.807) is 21.7 Å². The van der Waals surface area contributed by atoms with Crippen LogP contribution in [0.3, 0.4) is 0 Å². The van der Waals surface area contributed by atoms with Gasteiger partial charge in [-0.05, 0) is 38.1 Å². The molecule has 32 heavy (non-hydrogen) atoms. The molecular formula is C23H35N5O4. The highest BCUT2D eigenvalue weighted by Crippen LogP contribution is 2.19. The molecule has 2 bridgehead atoms. The molecule has 1 aliphatic heterocycles. The molecule has 2 heterocycles. The van der Waals surface area contributed by atoms with Crippen molar-refractivity contribution >= 4 is 5.91 Å². The van der Waals surface area contributed by atoms with Crippen molar-refractivity contribution in [2.24, 2.45) is 5.92 Å². The first-order valence-corrected chi connectivity index (χ1v) is 11.2. The molecule has 176 valence electrons. The molecule has 1 aliphatic rings. The van der Waals surface area contributed by atoms with Crippen LogP contribution in [0.5, 0.6) is 5.75 Å². The number of rotatable bonds is 6. The Morgan fingerprint density at radius 3 is 2.94 bits per heavy atom. The lowest BCUT2D eigenvalue weighted by Crippen LogP contribution is -2.47. The highest BCUT2D eigenvalue weighted by molar-refractivity contribution is 5.76. The Morgan fingerprint density at radius 1 is 1.38 bits per heavy atom. The molecule has 9 heteroatoms. The van der Waals surface area contributed by atoms with E-state index < -0.39 is 0 Å². The van der Waals surface area contributed by atoms with Crippen LogP contribution in [0.25, 0.3) is 0 Å². The van der Waals surface area contributed by atoms with E-state index in [1.165, 1.54) is 0 Å². The Labute approximate surface area is 189 Å². The fourth-order valence-electron chi connectivity index (χ4n) is 4.03. The smallest absolute Gasteiger partial charge is 0.222 e. The van der Waals surface area contributed by atoms with Crippen molar-refractivity contribution in [3.63, 3.8) is 0 Å². The molecule has 0 spiro atoms. The number of nitrogens with zero attached hydrogens (tertiary/aromatic N) is 5. The second kappa shape index (κ2) is 11.4. The SMILES string of the molecule is C[C@H](CO)N1C[C@H](C)[C@@H](CN(C)Cc2cccc(O)c2)OCc2cn(nn2)CCCC1=O. The van der Waals surface area contributed by atoms with Crippen LogP contribution in [-0.4, -0.2) is 79.8 Å². The van der Waals surface area contributed by atoms with Gasteiger partial charge in [-0.1, -0.05) is 24.3 Å². The minimum Gasteiger partial charge on any atom is -0.508 e. The van der Waals surface area contributed by atoms with Gasteiger partial charge >= 0.3 is 0 Å². The molecule has 1 aromatic heterocycles. The quantitative estimate of drug-likeness (QED) is 0.697. The first-order valence-electron chi connectivity index (χ1n) is 11.2. The van der Waals surface area contributed by atoms with Gasteiger partial charge in [0.05, 0.1) is 31.6 Å². The summed E-state index contributed by atoms with van der Waals surface area (Å²) in [7, 11) is 2.01. The third kappa shape index (κ3) is 6.75. The highest BCUT2D eigenvalue weighted by Gasteiger charge is 2.28. The summed E-state index contributed by atoms with van der Waals surface area (Å²) in [6.07, 6.45) is 2.77. The number of hydrogen-bond donors (Lipinski definition) is 2. The first-order chi connectivity index (χ1) is 15.4. The number of hydrogen-bond acceptors (Lipinski definition) is 7. The zero-order valence-corrected chi connectivity index (χ0v) is 19.2. The maximum Gasteiger partial charge on any atom is 0.222 e. The molecule has 9 nitrogen and oxygen atoms in total. The molecule has 3 rings (SSSR count). The molecule has 1 amide bonds. The van der Waals surface area contributed by atoms with Crippen molar-refractivity contribution in [3.05, 3.63) is 41.7 Å². The largest absolute Gasteiger partial charge is 0.508 e. The van der Waals surface area contributed by atoms with Crippen LogP contribution in [0.1, 0.15) is 37.9 Å². The topological polar surface area (TPSA) is 104 Å². The van der Waals surface area contributed by atoms with Crippen molar-refractivity contribution in [2.75, 3.05) is 26.7 Å². The van der Waals surface area contributed by atoms with Crippen molar-refractivity contribution < 1.29 is 19.7 Å². The zero-order chi connectivity index (χ0) is 23.1. The Hall–Kier alpha value is -2.49. The van der Waals surface area contributed by atoms with E-state index in [1.807, 2.05) is 32.3 Å². The molecular weight excluding hydrogens is 410 g/mol. The zero-order valence-electron chi connectivity index (χ0n) is 19.2. The van der Waals surface area contributed by atoms with Gasteiger partial charge in [0.1, 0.15) is 11.4 Å². The van der Waals surface area contributed by atoms with E-state index >= 15 is 0 Å². The third-order valence-electron chi connectivity index (χ3n) is 5.90. The first kappa shape index (κ1) is 24.2. The molecule has 3 atom stereocenters. The maximum absolute atomic E-state index is 12.9. The summed E-state index contributed by atoms with van der Waals surface area (Å²) < 4.78 is 8.03. The van der Waals surface area contributed by atoms with Crippen LogP contribution in [0.4, 0.5) is 0 Å². The van der Waals surface area contributed by atoms with Crippen molar-refractivity contribution in [2.45, 2.75) is 58.5 Å². The van der Waals surface area contributed by atoms with Crippen LogP contribution in [-0.2, 0) is 29.2 Å². The number of carbonyl (C=O) groups is 1. The van der Waals surface area contributed by atoms with E-state index in [2.05, 4.69) is 22.1 Å². The minimum atomic E-state index is -0.252. The van der Waals surface area contributed by atoms with Crippen molar-refractivity contribution in [3.8, 4) is 5.75 Å². The second-order valence-electron chi connectivity index (χ2n) is 8.85. The number of carbonyl (C=O) groups excluding carboxylic acids is 1. The number of aromatic nitrogens is 3. The van der Waals surface area contributed by atoms with Crippen LogP contribution >= 0.6 is 0 Å². The van der Waals surface area contributed by atoms with E-state index in [0.29, 0.717) is 45.6 Å². The molecule has 1 aromatic carbocycles.